The minimum absolute atomic E-state index is 0.0468. The molecule has 0 aliphatic heterocycles. The summed E-state index contributed by atoms with van der Waals surface area (Å²) in [6.07, 6.45) is 3.95. The van der Waals surface area contributed by atoms with Gasteiger partial charge in [0.2, 0.25) is 11.8 Å². The number of sulfonamides is 1. The average molecular weight is 643 g/mol. The van der Waals surface area contributed by atoms with Crippen LogP contribution in [0.5, 0.6) is 5.75 Å². The molecule has 0 bridgehead atoms. The van der Waals surface area contributed by atoms with Crippen molar-refractivity contribution >= 4 is 43.5 Å². The highest BCUT2D eigenvalue weighted by Gasteiger charge is 2.34. The molecule has 1 fully saturated rings. The van der Waals surface area contributed by atoms with Gasteiger partial charge in [0, 0.05) is 17.1 Å². The summed E-state index contributed by atoms with van der Waals surface area (Å²) in [5.74, 6) is -0.420. The SMILES string of the molecule is CCOc1ccccc1N(CC(=O)N(Cc1ccc(Br)cc1)C(C)C(=O)NC1CCCC1)S(=O)(=O)c1ccccc1. The lowest BCUT2D eigenvalue weighted by atomic mass is 10.1. The van der Waals surface area contributed by atoms with E-state index in [9.17, 15) is 18.0 Å². The number of nitrogens with one attached hydrogen (secondary N) is 1. The van der Waals surface area contributed by atoms with Gasteiger partial charge in [-0.05, 0) is 68.7 Å². The van der Waals surface area contributed by atoms with Crippen LogP contribution in [0.1, 0.15) is 45.1 Å². The van der Waals surface area contributed by atoms with Crippen LogP contribution in [0.3, 0.4) is 0 Å². The molecule has 0 heterocycles. The number of hydrogen-bond acceptors (Lipinski definition) is 5. The van der Waals surface area contributed by atoms with Crippen molar-refractivity contribution in [2.24, 2.45) is 0 Å². The number of rotatable bonds is 12. The van der Waals surface area contributed by atoms with E-state index in [1.165, 1.54) is 17.0 Å². The summed E-state index contributed by atoms with van der Waals surface area (Å²) in [7, 11) is -4.17. The maximum Gasteiger partial charge on any atom is 0.264 e. The van der Waals surface area contributed by atoms with E-state index in [1.54, 1.807) is 49.4 Å². The molecule has 3 aromatic rings. The first-order valence-corrected chi connectivity index (χ1v) is 16.1. The Morgan fingerprint density at radius 3 is 2.27 bits per heavy atom. The molecular formula is C31H36BrN3O5S. The van der Waals surface area contributed by atoms with Gasteiger partial charge in [0.15, 0.2) is 0 Å². The highest BCUT2D eigenvalue weighted by Crippen LogP contribution is 2.33. The lowest BCUT2D eigenvalue weighted by molar-refractivity contribution is -0.139. The van der Waals surface area contributed by atoms with Crippen LogP contribution in [0.25, 0.3) is 0 Å². The average Bonchev–Trinajstić information content (AvgIpc) is 3.49. The monoisotopic (exact) mass is 641 g/mol. The van der Waals surface area contributed by atoms with Crippen molar-refractivity contribution in [1.29, 1.82) is 0 Å². The van der Waals surface area contributed by atoms with Crippen LogP contribution in [0.2, 0.25) is 0 Å². The summed E-state index contributed by atoms with van der Waals surface area (Å²) in [5.41, 5.74) is 1.06. The third-order valence-corrected chi connectivity index (χ3v) is 9.48. The summed E-state index contributed by atoms with van der Waals surface area (Å²) in [6.45, 7) is 3.43. The van der Waals surface area contributed by atoms with Crippen molar-refractivity contribution in [3.63, 3.8) is 0 Å². The smallest absolute Gasteiger partial charge is 0.264 e. The molecule has 0 aromatic heterocycles. The lowest BCUT2D eigenvalue weighted by Crippen LogP contribution is -2.52. The minimum Gasteiger partial charge on any atom is -0.492 e. The number of ether oxygens (including phenoxy) is 1. The molecule has 8 nitrogen and oxygen atoms in total. The number of carbonyl (C=O) groups excluding carboxylic acids is 2. The molecule has 4 rings (SSSR count). The fraction of sp³-hybridized carbons (Fsp3) is 0.355. The van der Waals surface area contributed by atoms with Gasteiger partial charge in [-0.3, -0.25) is 13.9 Å². The molecule has 0 radical (unpaired) electrons. The normalized spacial score (nSPS) is 14.3. The van der Waals surface area contributed by atoms with Crippen LogP contribution >= 0.6 is 15.9 Å². The molecule has 41 heavy (non-hydrogen) atoms. The number of amides is 2. The highest BCUT2D eigenvalue weighted by atomic mass is 79.9. The summed E-state index contributed by atoms with van der Waals surface area (Å²) in [6, 6.07) is 21.5. The van der Waals surface area contributed by atoms with Crippen molar-refractivity contribution in [1.82, 2.24) is 10.2 Å². The van der Waals surface area contributed by atoms with Gasteiger partial charge in [-0.25, -0.2) is 8.42 Å². The molecule has 1 atom stereocenters. The van der Waals surface area contributed by atoms with Gasteiger partial charge >= 0.3 is 0 Å². The van der Waals surface area contributed by atoms with E-state index in [2.05, 4.69) is 21.2 Å². The Bertz CT molecular complexity index is 1430. The Morgan fingerprint density at radius 1 is 0.976 bits per heavy atom. The van der Waals surface area contributed by atoms with Crippen LogP contribution < -0.4 is 14.4 Å². The van der Waals surface area contributed by atoms with Gasteiger partial charge < -0.3 is 15.0 Å². The Kier molecular flexibility index (Phi) is 10.4. The van der Waals surface area contributed by atoms with Crippen molar-refractivity contribution < 1.29 is 22.7 Å². The zero-order valence-electron chi connectivity index (χ0n) is 23.3. The van der Waals surface area contributed by atoms with Crippen LogP contribution in [0.15, 0.2) is 88.2 Å². The molecule has 218 valence electrons. The van der Waals surface area contributed by atoms with E-state index in [1.807, 2.05) is 31.2 Å². The molecule has 1 unspecified atom stereocenters. The quantitative estimate of drug-likeness (QED) is 0.281. The summed E-state index contributed by atoms with van der Waals surface area (Å²) in [4.78, 5) is 29.0. The van der Waals surface area contributed by atoms with Gasteiger partial charge in [0.05, 0.1) is 17.2 Å². The Hall–Kier alpha value is -3.37. The third kappa shape index (κ3) is 7.68. The Morgan fingerprint density at radius 2 is 1.61 bits per heavy atom. The third-order valence-electron chi connectivity index (χ3n) is 7.18. The zero-order chi connectivity index (χ0) is 29.4. The first kappa shape index (κ1) is 30.6. The molecule has 1 saturated carbocycles. The topological polar surface area (TPSA) is 96.0 Å². The number of para-hydroxylation sites is 2. The number of anilines is 1. The predicted molar refractivity (Wildman–Crippen MR) is 163 cm³/mol. The van der Waals surface area contributed by atoms with Crippen molar-refractivity contribution in [2.75, 3.05) is 17.5 Å². The molecule has 0 saturated heterocycles. The van der Waals surface area contributed by atoms with E-state index in [-0.39, 0.29) is 29.1 Å². The molecule has 1 aliphatic carbocycles. The molecule has 0 spiro atoms. The first-order chi connectivity index (χ1) is 19.7. The lowest BCUT2D eigenvalue weighted by Gasteiger charge is -2.33. The number of benzene rings is 3. The van der Waals surface area contributed by atoms with Crippen molar-refractivity contribution in [3.05, 3.63) is 88.9 Å². The zero-order valence-corrected chi connectivity index (χ0v) is 25.7. The van der Waals surface area contributed by atoms with Gasteiger partial charge in [-0.2, -0.15) is 0 Å². The van der Waals surface area contributed by atoms with E-state index in [0.717, 1.165) is 40.0 Å². The van der Waals surface area contributed by atoms with Crippen LogP contribution in [0.4, 0.5) is 5.69 Å². The Labute approximate surface area is 250 Å². The molecule has 2 amide bonds. The molecule has 1 aliphatic rings. The van der Waals surface area contributed by atoms with Crippen LogP contribution in [-0.4, -0.2) is 50.4 Å². The molecular weight excluding hydrogens is 606 g/mol. The number of hydrogen-bond donors (Lipinski definition) is 1. The number of halogens is 1. The summed E-state index contributed by atoms with van der Waals surface area (Å²) in [5, 5.41) is 3.08. The largest absolute Gasteiger partial charge is 0.492 e. The Balaban J connectivity index is 1.71. The van der Waals surface area contributed by atoms with E-state index < -0.39 is 28.5 Å². The van der Waals surface area contributed by atoms with Gasteiger partial charge in [-0.1, -0.05) is 71.2 Å². The maximum absolute atomic E-state index is 14.1. The van der Waals surface area contributed by atoms with Crippen LogP contribution in [0, 0.1) is 0 Å². The van der Waals surface area contributed by atoms with Gasteiger partial charge in [0.25, 0.3) is 10.0 Å². The maximum atomic E-state index is 14.1. The minimum atomic E-state index is -4.17. The fourth-order valence-corrected chi connectivity index (χ4v) is 6.64. The second-order valence-corrected chi connectivity index (χ2v) is 12.8. The van der Waals surface area contributed by atoms with E-state index in [0.29, 0.717) is 12.4 Å². The van der Waals surface area contributed by atoms with Gasteiger partial charge in [-0.15, -0.1) is 0 Å². The number of carbonyl (C=O) groups is 2. The van der Waals surface area contributed by atoms with Crippen molar-refractivity contribution in [3.8, 4) is 5.75 Å². The second kappa shape index (κ2) is 14.0. The predicted octanol–water partition coefficient (Wildman–Crippen LogP) is 5.52. The van der Waals surface area contributed by atoms with E-state index in [4.69, 9.17) is 4.74 Å². The second-order valence-electron chi connectivity index (χ2n) is 10.0. The summed E-state index contributed by atoms with van der Waals surface area (Å²) < 4.78 is 35.7. The fourth-order valence-electron chi connectivity index (χ4n) is 4.93. The molecule has 3 aromatic carbocycles. The van der Waals surface area contributed by atoms with Crippen molar-refractivity contribution in [2.45, 2.75) is 63.1 Å². The van der Waals surface area contributed by atoms with E-state index >= 15 is 0 Å². The summed E-state index contributed by atoms with van der Waals surface area (Å²) >= 11 is 3.43. The van der Waals surface area contributed by atoms with Crippen LogP contribution in [-0.2, 0) is 26.2 Å². The van der Waals surface area contributed by atoms with Gasteiger partial charge in [0.1, 0.15) is 18.3 Å². The molecule has 10 heteroatoms. The standard InChI is InChI=1S/C31H36BrN3O5S/c1-3-40-29-16-10-9-15-28(29)35(41(38,39)27-13-5-4-6-14-27)22-30(36)34(21-24-17-19-25(32)20-18-24)23(2)31(37)33-26-11-7-8-12-26/h4-6,9-10,13-20,23,26H,3,7-8,11-12,21-22H2,1-2H3,(H,33,37). The highest BCUT2D eigenvalue weighted by molar-refractivity contribution is 9.10. The molecule has 1 N–H and O–H groups in total. The number of nitrogens with zero attached hydrogens (tertiary/aromatic N) is 2. The first-order valence-electron chi connectivity index (χ1n) is 13.8.